The van der Waals surface area contributed by atoms with Crippen LogP contribution in [0.2, 0.25) is 0 Å². The molecule has 0 radical (unpaired) electrons. The third kappa shape index (κ3) is 5.54. The Hall–Kier alpha value is -0.900. The molecular weight excluding hydrogens is 384 g/mol. The zero-order valence-corrected chi connectivity index (χ0v) is 20.6. The minimum atomic E-state index is -1.01. The largest absolute Gasteiger partial charge is 0.393 e. The number of hydrogen-bond donors (Lipinski definition) is 3. The first kappa shape index (κ1) is 24.7. The van der Waals surface area contributed by atoms with Crippen LogP contribution in [0, 0.1) is 23.2 Å². The summed E-state index contributed by atoms with van der Waals surface area (Å²) in [7, 11) is 0. The van der Waals surface area contributed by atoms with Crippen LogP contribution in [0.4, 0.5) is 0 Å². The molecule has 31 heavy (non-hydrogen) atoms. The van der Waals surface area contributed by atoms with Crippen molar-refractivity contribution in [3.8, 4) is 0 Å². The van der Waals surface area contributed by atoms with Crippen LogP contribution in [0.25, 0.3) is 0 Å². The molecule has 3 aliphatic rings. The monoisotopic (exact) mass is 430 g/mol. The van der Waals surface area contributed by atoms with Crippen LogP contribution >= 0.6 is 0 Å². The number of allylic oxidation sites excluding steroid dienone is 3. The fourth-order valence-electron chi connectivity index (χ4n) is 7.03. The lowest BCUT2D eigenvalue weighted by atomic mass is 9.60. The zero-order chi connectivity index (χ0) is 23.0. The van der Waals surface area contributed by atoms with E-state index in [1.807, 2.05) is 13.8 Å². The summed E-state index contributed by atoms with van der Waals surface area (Å²) in [5.74, 6) is 2.09. The van der Waals surface area contributed by atoms with E-state index in [1.54, 1.807) is 12.5 Å². The average Bonchev–Trinajstić information content (AvgIpc) is 2.99. The minimum Gasteiger partial charge on any atom is -0.393 e. The van der Waals surface area contributed by atoms with Crippen LogP contribution in [0.1, 0.15) is 98.8 Å². The Labute approximate surface area is 190 Å². The highest BCUT2D eigenvalue weighted by molar-refractivity contribution is 5.41. The van der Waals surface area contributed by atoms with Crippen molar-refractivity contribution in [2.24, 2.45) is 23.2 Å². The van der Waals surface area contributed by atoms with Crippen LogP contribution < -0.4 is 0 Å². The third-order valence-electron chi connectivity index (χ3n) is 8.80. The number of rotatable bonds is 6. The van der Waals surface area contributed by atoms with Crippen LogP contribution in [0.3, 0.4) is 0 Å². The Kier molecular flexibility index (Phi) is 7.30. The summed E-state index contributed by atoms with van der Waals surface area (Å²) in [5, 5.41) is 30.8. The fraction of sp³-hybridized carbons (Fsp3) is 0.786. The molecule has 0 aliphatic heterocycles. The highest BCUT2D eigenvalue weighted by Crippen LogP contribution is 2.60. The van der Waals surface area contributed by atoms with Crippen molar-refractivity contribution in [3.05, 3.63) is 35.5 Å². The molecule has 3 aliphatic carbocycles. The van der Waals surface area contributed by atoms with Gasteiger partial charge in [0.25, 0.3) is 0 Å². The second kappa shape index (κ2) is 9.15. The van der Waals surface area contributed by atoms with Gasteiger partial charge < -0.3 is 15.3 Å². The molecule has 0 aromatic heterocycles. The van der Waals surface area contributed by atoms with Crippen molar-refractivity contribution in [3.63, 3.8) is 0 Å². The van der Waals surface area contributed by atoms with E-state index in [-0.39, 0.29) is 0 Å². The van der Waals surface area contributed by atoms with Gasteiger partial charge in [-0.1, -0.05) is 51.0 Å². The summed E-state index contributed by atoms with van der Waals surface area (Å²) in [6.07, 6.45) is 14.4. The van der Waals surface area contributed by atoms with Crippen LogP contribution in [0.15, 0.2) is 35.5 Å². The average molecular weight is 431 g/mol. The minimum absolute atomic E-state index is 0.366. The quantitative estimate of drug-likeness (QED) is 0.477. The maximum Gasteiger partial charge on any atom is 0.0890 e. The molecule has 3 rings (SSSR count). The van der Waals surface area contributed by atoms with E-state index >= 15 is 0 Å². The van der Waals surface area contributed by atoms with E-state index in [9.17, 15) is 15.3 Å². The van der Waals surface area contributed by atoms with Gasteiger partial charge in [0.2, 0.25) is 0 Å². The molecule has 0 unspecified atom stereocenters. The van der Waals surface area contributed by atoms with Gasteiger partial charge in [0, 0.05) is 6.42 Å². The van der Waals surface area contributed by atoms with E-state index in [0.717, 1.165) is 36.3 Å². The molecule has 176 valence electrons. The lowest BCUT2D eigenvalue weighted by molar-refractivity contribution is 0.0204. The molecular formula is C28H46O3. The van der Waals surface area contributed by atoms with Crippen molar-refractivity contribution in [2.75, 3.05) is 0 Å². The van der Waals surface area contributed by atoms with Gasteiger partial charge in [-0.15, -0.1) is 0 Å². The summed E-state index contributed by atoms with van der Waals surface area (Å²) < 4.78 is 0. The molecule has 6 atom stereocenters. The molecule has 0 saturated heterocycles. The topological polar surface area (TPSA) is 60.7 Å². The molecule has 0 amide bonds. The fourth-order valence-corrected chi connectivity index (χ4v) is 7.03. The van der Waals surface area contributed by atoms with E-state index in [1.165, 1.54) is 32.1 Å². The lowest BCUT2D eigenvalue weighted by Crippen LogP contribution is -2.37. The molecule has 0 heterocycles. The zero-order valence-electron chi connectivity index (χ0n) is 20.6. The molecule has 3 saturated carbocycles. The number of aliphatic hydroxyl groups is 3. The first-order valence-electron chi connectivity index (χ1n) is 12.6. The van der Waals surface area contributed by atoms with Gasteiger partial charge in [-0.05, 0) is 100 Å². The normalized spacial score (nSPS) is 40.4. The molecule has 3 N–H and O–H groups in total. The Morgan fingerprint density at radius 1 is 1.23 bits per heavy atom. The maximum atomic E-state index is 10.6. The molecule has 3 fully saturated rings. The van der Waals surface area contributed by atoms with Gasteiger partial charge in [-0.25, -0.2) is 0 Å². The molecule has 0 bridgehead atoms. The predicted octanol–water partition coefficient (Wildman–Crippen LogP) is 6.09. The van der Waals surface area contributed by atoms with Gasteiger partial charge in [-0.2, -0.15) is 0 Å². The van der Waals surface area contributed by atoms with Gasteiger partial charge in [-0.3, -0.25) is 0 Å². The van der Waals surface area contributed by atoms with Crippen molar-refractivity contribution in [2.45, 2.75) is 116 Å². The standard InChI is InChI=1S/C28H46O3/c1-19(9-7-15-26(3,4)30)24-13-14-25-21(10-8-16-27(24,25)5)11-12-22-17-23(29)18-28(6,31)20(22)2/h11-12,19,23-25,29-31H,2,7-10,13-18H2,1,3-6H3/b21-11+,22-12-/t19-,23-,24+,25-,27+,28-/m0/s1. The Morgan fingerprint density at radius 2 is 1.94 bits per heavy atom. The second-order valence-electron chi connectivity index (χ2n) is 12.0. The number of hydrogen-bond acceptors (Lipinski definition) is 3. The Balaban J connectivity index is 1.72. The highest BCUT2D eigenvalue weighted by Gasteiger charge is 2.50. The Bertz CT molecular complexity index is 723. The molecule has 0 aromatic carbocycles. The van der Waals surface area contributed by atoms with E-state index < -0.39 is 17.3 Å². The summed E-state index contributed by atoms with van der Waals surface area (Å²) in [6, 6.07) is 0. The second-order valence-corrected chi connectivity index (χ2v) is 12.0. The molecule has 3 heteroatoms. The van der Waals surface area contributed by atoms with Crippen LogP contribution in [0.5, 0.6) is 0 Å². The van der Waals surface area contributed by atoms with E-state index in [0.29, 0.717) is 30.1 Å². The van der Waals surface area contributed by atoms with Crippen molar-refractivity contribution in [1.29, 1.82) is 0 Å². The van der Waals surface area contributed by atoms with Gasteiger partial charge in [0.15, 0.2) is 0 Å². The summed E-state index contributed by atoms with van der Waals surface area (Å²) >= 11 is 0. The summed E-state index contributed by atoms with van der Waals surface area (Å²) in [4.78, 5) is 0. The summed E-state index contributed by atoms with van der Waals surface area (Å²) in [6.45, 7) is 14.7. The first-order chi connectivity index (χ1) is 14.3. The van der Waals surface area contributed by atoms with E-state index in [4.69, 9.17) is 0 Å². The highest BCUT2D eigenvalue weighted by atomic mass is 16.3. The molecule has 0 aromatic rings. The third-order valence-corrected chi connectivity index (χ3v) is 8.80. The number of aliphatic hydroxyl groups excluding tert-OH is 1. The van der Waals surface area contributed by atoms with Gasteiger partial charge in [0.1, 0.15) is 0 Å². The number of fused-ring (bicyclic) bond motifs is 1. The summed E-state index contributed by atoms with van der Waals surface area (Å²) in [5.41, 5.74) is 2.11. The van der Waals surface area contributed by atoms with Crippen LogP contribution in [-0.4, -0.2) is 32.6 Å². The lowest BCUT2D eigenvalue weighted by Gasteiger charge is -2.44. The van der Waals surface area contributed by atoms with Crippen molar-refractivity contribution >= 4 is 0 Å². The first-order valence-corrected chi connectivity index (χ1v) is 12.6. The van der Waals surface area contributed by atoms with Gasteiger partial charge in [0.05, 0.1) is 17.3 Å². The van der Waals surface area contributed by atoms with E-state index in [2.05, 4.69) is 32.6 Å². The smallest absolute Gasteiger partial charge is 0.0890 e. The molecule has 3 nitrogen and oxygen atoms in total. The van der Waals surface area contributed by atoms with Crippen LogP contribution in [-0.2, 0) is 0 Å². The SMILES string of the molecule is C=C1/C(=C\C=C2/CCC[C@]3(C)[C@@H]([C@@H](C)CCCC(C)(C)O)CC[C@@H]23)C[C@H](O)C[C@]1(C)O. The Morgan fingerprint density at radius 3 is 2.61 bits per heavy atom. The maximum absolute atomic E-state index is 10.6. The predicted molar refractivity (Wildman–Crippen MR) is 129 cm³/mol. The van der Waals surface area contributed by atoms with Crippen molar-refractivity contribution in [1.82, 2.24) is 0 Å². The van der Waals surface area contributed by atoms with Gasteiger partial charge >= 0.3 is 0 Å². The van der Waals surface area contributed by atoms with Crippen molar-refractivity contribution < 1.29 is 15.3 Å². The molecule has 0 spiro atoms.